The van der Waals surface area contributed by atoms with Gasteiger partial charge in [0.2, 0.25) is 0 Å². The SMILES string of the molecule is NCCS(=O)(=O)CI. The minimum absolute atomic E-state index is 0.107. The van der Waals surface area contributed by atoms with Crippen molar-refractivity contribution in [2.24, 2.45) is 5.73 Å². The third kappa shape index (κ3) is 3.62. The van der Waals surface area contributed by atoms with E-state index in [1.807, 2.05) is 22.6 Å². The number of hydrogen-bond acceptors (Lipinski definition) is 3. The van der Waals surface area contributed by atoms with Crippen molar-refractivity contribution >= 4 is 32.4 Å². The van der Waals surface area contributed by atoms with E-state index in [4.69, 9.17) is 5.73 Å². The Balaban J connectivity index is 3.76. The second kappa shape index (κ2) is 3.62. The Morgan fingerprint density at radius 2 is 2.00 bits per heavy atom. The number of hydrogen-bond donors (Lipinski definition) is 1. The van der Waals surface area contributed by atoms with Crippen LogP contribution >= 0.6 is 22.6 Å². The quantitative estimate of drug-likeness (QED) is 0.554. The molecule has 0 radical (unpaired) electrons. The molecule has 0 aliphatic rings. The molecule has 3 nitrogen and oxygen atoms in total. The van der Waals surface area contributed by atoms with E-state index >= 15 is 0 Å². The molecule has 0 aromatic carbocycles. The van der Waals surface area contributed by atoms with Gasteiger partial charge in [0.25, 0.3) is 0 Å². The minimum atomic E-state index is -2.81. The van der Waals surface area contributed by atoms with Crippen molar-refractivity contribution < 1.29 is 8.42 Å². The van der Waals surface area contributed by atoms with Gasteiger partial charge in [0, 0.05) is 6.54 Å². The first kappa shape index (κ1) is 8.64. The predicted octanol–water partition coefficient (Wildman–Crippen LogP) is -0.248. The van der Waals surface area contributed by atoms with E-state index in [0.29, 0.717) is 0 Å². The standard InChI is InChI=1S/C3H8INO2S/c4-3-8(6,7)2-1-5/h1-3,5H2. The summed E-state index contributed by atoms with van der Waals surface area (Å²) in [5, 5.41) is 0. The topological polar surface area (TPSA) is 60.2 Å². The van der Waals surface area contributed by atoms with E-state index in [1.54, 1.807) is 0 Å². The van der Waals surface area contributed by atoms with Crippen LogP contribution in [0, 0.1) is 0 Å². The average Bonchev–Trinajstić information content (AvgIpc) is 1.67. The molecule has 0 aromatic heterocycles. The molecule has 0 fully saturated rings. The van der Waals surface area contributed by atoms with Crippen molar-refractivity contribution in [2.75, 3.05) is 16.1 Å². The van der Waals surface area contributed by atoms with Gasteiger partial charge >= 0.3 is 0 Å². The normalized spacial score (nSPS) is 11.8. The Morgan fingerprint density at radius 1 is 1.50 bits per heavy atom. The Kier molecular flexibility index (Phi) is 3.91. The lowest BCUT2D eigenvalue weighted by Crippen LogP contribution is -2.15. The van der Waals surface area contributed by atoms with E-state index in [1.165, 1.54) is 0 Å². The van der Waals surface area contributed by atoms with Crippen LogP contribution in [0.4, 0.5) is 0 Å². The van der Waals surface area contributed by atoms with Crippen molar-refractivity contribution in [3.05, 3.63) is 0 Å². The van der Waals surface area contributed by atoms with E-state index in [2.05, 4.69) is 0 Å². The van der Waals surface area contributed by atoms with E-state index in [0.717, 1.165) is 0 Å². The van der Waals surface area contributed by atoms with Gasteiger partial charge in [-0.1, -0.05) is 22.6 Å². The highest BCUT2D eigenvalue weighted by atomic mass is 127. The molecular formula is C3H8INO2S. The molecule has 0 heterocycles. The fraction of sp³-hybridized carbons (Fsp3) is 1.00. The molecule has 0 amide bonds. The molecule has 0 unspecified atom stereocenters. The summed E-state index contributed by atoms with van der Waals surface area (Å²) in [5.41, 5.74) is 5.01. The highest BCUT2D eigenvalue weighted by Gasteiger charge is 2.04. The monoisotopic (exact) mass is 249 g/mol. The molecule has 5 heteroatoms. The largest absolute Gasteiger partial charge is 0.329 e. The Labute approximate surface area is 62.7 Å². The van der Waals surface area contributed by atoms with Gasteiger partial charge in [0.1, 0.15) is 3.76 Å². The Bertz CT molecular complexity index is 141. The molecule has 0 bridgehead atoms. The fourth-order valence-electron chi connectivity index (χ4n) is 0.234. The van der Waals surface area contributed by atoms with Crippen LogP contribution in [0.3, 0.4) is 0 Å². The van der Waals surface area contributed by atoms with Crippen LogP contribution in [0.25, 0.3) is 0 Å². The zero-order chi connectivity index (χ0) is 6.62. The molecule has 0 aliphatic carbocycles. The first-order valence-electron chi connectivity index (χ1n) is 2.09. The lowest BCUT2D eigenvalue weighted by molar-refractivity contribution is 0.601. The first-order chi connectivity index (χ1) is 3.62. The van der Waals surface area contributed by atoms with Crippen LogP contribution in [-0.4, -0.2) is 24.5 Å². The summed E-state index contributed by atoms with van der Waals surface area (Å²) in [6.45, 7) is 0.228. The number of alkyl halides is 1. The third-order valence-corrected chi connectivity index (χ3v) is 4.63. The van der Waals surface area contributed by atoms with Crippen molar-refractivity contribution in [1.29, 1.82) is 0 Å². The van der Waals surface area contributed by atoms with Crippen LogP contribution in [0.2, 0.25) is 0 Å². The molecule has 0 rings (SSSR count). The summed E-state index contributed by atoms with van der Waals surface area (Å²) < 4.78 is 21.2. The number of sulfone groups is 1. The van der Waals surface area contributed by atoms with Gasteiger partial charge in [-0.25, -0.2) is 8.42 Å². The summed E-state index contributed by atoms with van der Waals surface area (Å²) in [6.07, 6.45) is 0. The van der Waals surface area contributed by atoms with Crippen LogP contribution in [-0.2, 0) is 9.84 Å². The number of rotatable bonds is 3. The first-order valence-corrected chi connectivity index (χ1v) is 5.43. The highest BCUT2D eigenvalue weighted by molar-refractivity contribution is 14.1. The van der Waals surface area contributed by atoms with Gasteiger partial charge in [-0.05, 0) is 0 Å². The van der Waals surface area contributed by atoms with Gasteiger partial charge in [-0.3, -0.25) is 0 Å². The summed E-state index contributed by atoms with van der Waals surface area (Å²) in [7, 11) is -2.81. The van der Waals surface area contributed by atoms with Crippen LogP contribution in [0.5, 0.6) is 0 Å². The molecule has 0 atom stereocenters. The molecule has 8 heavy (non-hydrogen) atoms. The second-order valence-electron chi connectivity index (χ2n) is 1.35. The smallest absolute Gasteiger partial charge is 0.160 e. The molecule has 0 aromatic rings. The maximum Gasteiger partial charge on any atom is 0.160 e. The van der Waals surface area contributed by atoms with Crippen molar-refractivity contribution in [3.63, 3.8) is 0 Å². The van der Waals surface area contributed by atoms with Crippen LogP contribution < -0.4 is 5.73 Å². The second-order valence-corrected chi connectivity index (χ2v) is 5.33. The molecular weight excluding hydrogens is 241 g/mol. The third-order valence-electron chi connectivity index (χ3n) is 0.595. The Morgan fingerprint density at radius 3 is 2.12 bits per heavy atom. The molecule has 2 N–H and O–H groups in total. The lowest BCUT2D eigenvalue weighted by Gasteiger charge is -1.92. The van der Waals surface area contributed by atoms with Crippen molar-refractivity contribution in [3.8, 4) is 0 Å². The lowest BCUT2D eigenvalue weighted by atomic mass is 10.8. The van der Waals surface area contributed by atoms with E-state index in [-0.39, 0.29) is 16.1 Å². The van der Waals surface area contributed by atoms with Gasteiger partial charge in [0.15, 0.2) is 9.84 Å². The van der Waals surface area contributed by atoms with E-state index < -0.39 is 9.84 Å². The van der Waals surface area contributed by atoms with Gasteiger partial charge in [-0.2, -0.15) is 0 Å². The Hall–Kier alpha value is 0.640. The van der Waals surface area contributed by atoms with Crippen LogP contribution in [0.1, 0.15) is 0 Å². The molecule has 0 aliphatic heterocycles. The molecule has 50 valence electrons. The molecule has 0 saturated heterocycles. The zero-order valence-corrected chi connectivity index (χ0v) is 7.28. The summed E-state index contributed by atoms with van der Waals surface area (Å²) in [5.74, 6) is 0.107. The minimum Gasteiger partial charge on any atom is -0.329 e. The van der Waals surface area contributed by atoms with E-state index in [9.17, 15) is 8.42 Å². The number of nitrogens with two attached hydrogens (primary N) is 1. The summed E-state index contributed by atoms with van der Waals surface area (Å²) >= 11 is 1.81. The molecule has 0 saturated carbocycles. The highest BCUT2D eigenvalue weighted by Crippen LogP contribution is 1.93. The zero-order valence-electron chi connectivity index (χ0n) is 4.30. The maximum atomic E-state index is 10.5. The predicted molar refractivity (Wildman–Crippen MR) is 41.7 cm³/mol. The van der Waals surface area contributed by atoms with Gasteiger partial charge in [0.05, 0.1) is 5.75 Å². The summed E-state index contributed by atoms with van der Waals surface area (Å²) in [4.78, 5) is 0. The maximum absolute atomic E-state index is 10.5. The van der Waals surface area contributed by atoms with Crippen molar-refractivity contribution in [1.82, 2.24) is 0 Å². The summed E-state index contributed by atoms with van der Waals surface area (Å²) in [6, 6.07) is 0. The van der Waals surface area contributed by atoms with Crippen molar-refractivity contribution in [2.45, 2.75) is 0 Å². The molecule has 0 spiro atoms. The van der Waals surface area contributed by atoms with Gasteiger partial charge in [-0.15, -0.1) is 0 Å². The van der Waals surface area contributed by atoms with Gasteiger partial charge < -0.3 is 5.73 Å². The number of halogens is 1. The fourth-order valence-corrected chi connectivity index (χ4v) is 1.64. The van der Waals surface area contributed by atoms with Crippen LogP contribution in [0.15, 0.2) is 0 Å². The average molecular weight is 249 g/mol.